The number of benzene rings is 2. The summed E-state index contributed by atoms with van der Waals surface area (Å²) in [6.45, 7) is 3.65. The third kappa shape index (κ3) is 4.59. The molecule has 6 nitrogen and oxygen atoms in total. The van der Waals surface area contributed by atoms with Gasteiger partial charge in [-0.05, 0) is 49.2 Å². The van der Waals surface area contributed by atoms with Crippen molar-refractivity contribution in [3.63, 3.8) is 0 Å². The van der Waals surface area contributed by atoms with E-state index in [0.29, 0.717) is 5.69 Å². The Labute approximate surface area is 172 Å². The Morgan fingerprint density at radius 2 is 1.82 bits per heavy atom. The number of amides is 2. The molecule has 0 aliphatic carbocycles. The van der Waals surface area contributed by atoms with E-state index in [9.17, 15) is 14.4 Å². The topological polar surface area (TPSA) is 75.7 Å². The van der Waals surface area contributed by atoms with Gasteiger partial charge in [-0.15, -0.1) is 0 Å². The summed E-state index contributed by atoms with van der Waals surface area (Å²) in [6.07, 6.45) is 0.0836. The average molecular weight is 445 g/mol. The van der Waals surface area contributed by atoms with Crippen molar-refractivity contribution >= 4 is 45.1 Å². The van der Waals surface area contributed by atoms with Gasteiger partial charge in [-0.3, -0.25) is 14.4 Å². The number of hydrogen-bond acceptors (Lipinski definition) is 4. The Bertz CT molecular complexity index is 891. The number of halogens is 1. The summed E-state index contributed by atoms with van der Waals surface area (Å²) in [6, 6.07) is 13.0. The highest BCUT2D eigenvalue weighted by Crippen LogP contribution is 2.26. The molecule has 0 aromatic heterocycles. The van der Waals surface area contributed by atoms with Crippen molar-refractivity contribution in [2.75, 3.05) is 23.4 Å². The van der Waals surface area contributed by atoms with Gasteiger partial charge in [0.05, 0.1) is 5.92 Å². The van der Waals surface area contributed by atoms with E-state index in [-0.39, 0.29) is 25.5 Å². The number of nitrogens with zero attached hydrogens (tertiary/aromatic N) is 1. The van der Waals surface area contributed by atoms with E-state index < -0.39 is 17.8 Å². The van der Waals surface area contributed by atoms with Gasteiger partial charge in [0.15, 0.2) is 6.61 Å². The van der Waals surface area contributed by atoms with Gasteiger partial charge in [-0.25, -0.2) is 0 Å². The molecule has 1 unspecified atom stereocenters. The molecule has 2 amide bonds. The van der Waals surface area contributed by atoms with Gasteiger partial charge in [-0.2, -0.15) is 0 Å². The van der Waals surface area contributed by atoms with Crippen molar-refractivity contribution in [1.82, 2.24) is 0 Å². The molecule has 28 heavy (non-hydrogen) atoms. The van der Waals surface area contributed by atoms with Crippen molar-refractivity contribution in [1.29, 1.82) is 0 Å². The first-order valence-electron chi connectivity index (χ1n) is 8.94. The van der Waals surface area contributed by atoms with Crippen molar-refractivity contribution in [3.05, 3.63) is 58.1 Å². The van der Waals surface area contributed by atoms with E-state index in [4.69, 9.17) is 4.74 Å². The zero-order chi connectivity index (χ0) is 20.3. The molecule has 1 saturated heterocycles. The monoisotopic (exact) mass is 444 g/mol. The maximum Gasteiger partial charge on any atom is 0.311 e. The van der Waals surface area contributed by atoms with Crippen LogP contribution in [0.1, 0.15) is 17.5 Å². The van der Waals surface area contributed by atoms with Crippen LogP contribution in [0.5, 0.6) is 0 Å². The number of para-hydroxylation sites is 1. The van der Waals surface area contributed by atoms with Crippen molar-refractivity contribution in [3.8, 4) is 0 Å². The third-order valence-electron chi connectivity index (χ3n) is 4.63. The summed E-state index contributed by atoms with van der Waals surface area (Å²) in [5.41, 5.74) is 3.27. The normalized spacial score (nSPS) is 16.2. The average Bonchev–Trinajstić information content (AvgIpc) is 3.05. The fraction of sp³-hybridized carbons (Fsp3) is 0.286. The van der Waals surface area contributed by atoms with Gasteiger partial charge in [0, 0.05) is 28.8 Å². The Morgan fingerprint density at radius 3 is 2.46 bits per heavy atom. The number of esters is 1. The second kappa shape index (κ2) is 8.56. The van der Waals surface area contributed by atoms with Crippen molar-refractivity contribution < 1.29 is 19.1 Å². The van der Waals surface area contributed by atoms with Crippen LogP contribution in [-0.2, 0) is 19.1 Å². The largest absolute Gasteiger partial charge is 0.455 e. The summed E-state index contributed by atoms with van der Waals surface area (Å²) < 4.78 is 6.09. The lowest BCUT2D eigenvalue weighted by molar-refractivity contribution is -0.151. The molecule has 1 aliphatic heterocycles. The number of hydrogen-bond donors (Lipinski definition) is 1. The fourth-order valence-corrected chi connectivity index (χ4v) is 3.95. The molecule has 7 heteroatoms. The summed E-state index contributed by atoms with van der Waals surface area (Å²) in [7, 11) is 0. The summed E-state index contributed by atoms with van der Waals surface area (Å²) >= 11 is 3.41. The van der Waals surface area contributed by atoms with Gasteiger partial charge in [0.1, 0.15) is 0 Å². The van der Waals surface area contributed by atoms with Crippen LogP contribution >= 0.6 is 15.9 Å². The van der Waals surface area contributed by atoms with E-state index in [1.807, 2.05) is 56.3 Å². The standard InChI is InChI=1S/C21H21BrN2O4/c1-13-8-16(22)9-14(2)20(13)23-18(25)12-28-21(27)15-10-19(26)24(11-15)17-6-4-3-5-7-17/h3-9,15H,10-12H2,1-2H3,(H,23,25). The molecular weight excluding hydrogens is 424 g/mol. The van der Waals surface area contributed by atoms with E-state index in [2.05, 4.69) is 21.2 Å². The molecule has 1 heterocycles. The lowest BCUT2D eigenvalue weighted by Crippen LogP contribution is -2.28. The molecule has 1 atom stereocenters. The molecule has 146 valence electrons. The highest BCUT2D eigenvalue weighted by molar-refractivity contribution is 9.10. The predicted octanol–water partition coefficient (Wildman–Crippen LogP) is 3.60. The predicted molar refractivity (Wildman–Crippen MR) is 110 cm³/mol. The lowest BCUT2D eigenvalue weighted by Gasteiger charge is -2.16. The molecule has 0 radical (unpaired) electrons. The Morgan fingerprint density at radius 1 is 1.18 bits per heavy atom. The molecular formula is C21H21BrN2O4. The van der Waals surface area contributed by atoms with Crippen LogP contribution in [0.3, 0.4) is 0 Å². The van der Waals surface area contributed by atoms with Crippen LogP contribution < -0.4 is 10.2 Å². The molecule has 1 N–H and O–H groups in total. The second-order valence-corrected chi connectivity index (χ2v) is 7.73. The molecule has 3 rings (SSSR count). The SMILES string of the molecule is Cc1cc(Br)cc(C)c1NC(=O)COC(=O)C1CC(=O)N(c2ccccc2)C1. The van der Waals surface area contributed by atoms with E-state index in [1.54, 1.807) is 4.90 Å². The van der Waals surface area contributed by atoms with E-state index in [1.165, 1.54) is 0 Å². The van der Waals surface area contributed by atoms with Crippen LogP contribution in [-0.4, -0.2) is 30.9 Å². The fourth-order valence-electron chi connectivity index (χ4n) is 3.26. The van der Waals surface area contributed by atoms with Gasteiger partial charge in [-0.1, -0.05) is 34.1 Å². The first-order chi connectivity index (χ1) is 13.3. The first-order valence-corrected chi connectivity index (χ1v) is 9.73. The smallest absolute Gasteiger partial charge is 0.311 e. The zero-order valence-corrected chi connectivity index (χ0v) is 17.3. The second-order valence-electron chi connectivity index (χ2n) is 6.81. The highest BCUT2D eigenvalue weighted by atomic mass is 79.9. The zero-order valence-electron chi connectivity index (χ0n) is 15.7. The molecule has 1 aliphatic rings. The number of carbonyl (C=O) groups is 3. The maximum atomic E-state index is 12.3. The molecule has 1 fully saturated rings. The molecule has 2 aromatic rings. The number of rotatable bonds is 5. The van der Waals surface area contributed by atoms with Crippen LogP contribution in [0.4, 0.5) is 11.4 Å². The van der Waals surface area contributed by atoms with Gasteiger partial charge >= 0.3 is 5.97 Å². The summed E-state index contributed by atoms with van der Waals surface area (Å²) in [5, 5.41) is 2.78. The van der Waals surface area contributed by atoms with Crippen LogP contribution in [0.2, 0.25) is 0 Å². The number of aryl methyl sites for hydroxylation is 2. The minimum Gasteiger partial charge on any atom is -0.455 e. The minimum atomic E-state index is -0.573. The molecule has 0 spiro atoms. The molecule has 0 saturated carbocycles. The lowest BCUT2D eigenvalue weighted by atomic mass is 10.1. The van der Waals surface area contributed by atoms with Crippen molar-refractivity contribution in [2.45, 2.75) is 20.3 Å². The molecule has 0 bridgehead atoms. The van der Waals surface area contributed by atoms with Crippen LogP contribution in [0.15, 0.2) is 46.9 Å². The minimum absolute atomic E-state index is 0.0836. The molecule has 2 aromatic carbocycles. The quantitative estimate of drug-likeness (QED) is 0.714. The van der Waals surface area contributed by atoms with E-state index >= 15 is 0 Å². The van der Waals surface area contributed by atoms with Crippen LogP contribution in [0.25, 0.3) is 0 Å². The first kappa shape index (κ1) is 20.1. The van der Waals surface area contributed by atoms with Gasteiger partial charge in [0.25, 0.3) is 5.91 Å². The number of nitrogens with one attached hydrogen (secondary N) is 1. The third-order valence-corrected chi connectivity index (χ3v) is 5.09. The number of ether oxygens (including phenoxy) is 1. The van der Waals surface area contributed by atoms with Gasteiger partial charge in [0.2, 0.25) is 5.91 Å². The Hall–Kier alpha value is -2.67. The maximum absolute atomic E-state index is 12.3. The number of carbonyl (C=O) groups excluding carboxylic acids is 3. The highest BCUT2D eigenvalue weighted by Gasteiger charge is 2.36. The summed E-state index contributed by atoms with van der Waals surface area (Å²) in [5.74, 6) is -1.65. The Kier molecular flexibility index (Phi) is 6.14. The van der Waals surface area contributed by atoms with Crippen LogP contribution in [0, 0.1) is 19.8 Å². The number of anilines is 2. The van der Waals surface area contributed by atoms with Crippen molar-refractivity contribution in [2.24, 2.45) is 5.92 Å². The summed E-state index contributed by atoms with van der Waals surface area (Å²) in [4.78, 5) is 38.3. The Balaban J connectivity index is 1.55. The van der Waals surface area contributed by atoms with Gasteiger partial charge < -0.3 is 15.0 Å². The van der Waals surface area contributed by atoms with E-state index in [0.717, 1.165) is 21.3 Å².